The highest BCUT2D eigenvalue weighted by molar-refractivity contribution is 8.00. The number of hydrogen-bond donors (Lipinski definition) is 2. The van der Waals surface area contributed by atoms with E-state index in [2.05, 4.69) is 10.6 Å². The third-order valence-electron chi connectivity index (χ3n) is 6.17. The minimum atomic E-state index is -0.108. The maximum Gasteiger partial charge on any atom is 0.233 e. The van der Waals surface area contributed by atoms with Crippen LogP contribution in [0.1, 0.15) is 50.9 Å². The molecule has 4 aromatic carbocycles. The Kier molecular flexibility index (Phi) is 12.9. The van der Waals surface area contributed by atoms with Crippen molar-refractivity contribution in [3.05, 3.63) is 132 Å². The van der Waals surface area contributed by atoms with Crippen LogP contribution in [0, 0.1) is 0 Å². The van der Waals surface area contributed by atoms with Gasteiger partial charge in [-0.05, 0) is 63.1 Å². The highest BCUT2D eigenvalue weighted by Gasteiger charge is 2.18. The fourth-order valence-electron chi connectivity index (χ4n) is 3.82. The van der Waals surface area contributed by atoms with E-state index in [9.17, 15) is 9.59 Å². The fraction of sp³-hybridized carbons (Fsp3) is 0.235. The Labute approximate surface area is 247 Å². The summed E-state index contributed by atoms with van der Waals surface area (Å²) >= 11 is 3.15. The molecule has 0 spiro atoms. The van der Waals surface area contributed by atoms with Crippen LogP contribution in [0.2, 0.25) is 0 Å². The average molecular weight is 571 g/mol. The lowest BCUT2D eigenvalue weighted by Gasteiger charge is -2.17. The van der Waals surface area contributed by atoms with Crippen molar-refractivity contribution in [2.75, 3.05) is 0 Å². The van der Waals surface area contributed by atoms with Gasteiger partial charge in [0.15, 0.2) is 0 Å². The maximum absolute atomic E-state index is 12.2. The Hall–Kier alpha value is -3.48. The highest BCUT2D eigenvalue weighted by atomic mass is 32.2. The van der Waals surface area contributed by atoms with Crippen molar-refractivity contribution in [1.29, 1.82) is 0 Å². The molecule has 4 aromatic rings. The number of amides is 2. The van der Waals surface area contributed by atoms with Gasteiger partial charge < -0.3 is 10.6 Å². The molecule has 6 heteroatoms. The Balaban J connectivity index is 0.000000220. The number of carbonyl (C=O) groups is 2. The molecule has 2 amide bonds. The van der Waals surface area contributed by atoms with Crippen LogP contribution in [0.15, 0.2) is 131 Å². The number of rotatable bonds is 10. The average Bonchev–Trinajstić information content (AvgIpc) is 2.99. The van der Waals surface area contributed by atoms with Gasteiger partial charge in [0.05, 0.1) is 22.6 Å². The predicted molar refractivity (Wildman–Crippen MR) is 170 cm³/mol. The van der Waals surface area contributed by atoms with E-state index in [1.54, 1.807) is 23.5 Å². The molecule has 4 atom stereocenters. The topological polar surface area (TPSA) is 58.2 Å². The van der Waals surface area contributed by atoms with Crippen LogP contribution in [-0.2, 0) is 9.59 Å². The molecular formula is C34H38N2O2S2. The summed E-state index contributed by atoms with van der Waals surface area (Å²) in [6.07, 6.45) is 0. The van der Waals surface area contributed by atoms with E-state index in [1.807, 2.05) is 149 Å². The SMILES string of the molecule is C[C@@H](Sc1ccccc1)C(=O)N[C@H](C)c1ccccc1.C[C@H](Sc1ccccc1)C(=O)N[C@@H](C)c1ccccc1. The minimum Gasteiger partial charge on any atom is -0.349 e. The molecule has 4 nitrogen and oxygen atoms in total. The van der Waals surface area contributed by atoms with Gasteiger partial charge in [0, 0.05) is 9.79 Å². The fourth-order valence-corrected chi connectivity index (χ4v) is 5.62. The van der Waals surface area contributed by atoms with Crippen molar-refractivity contribution in [2.24, 2.45) is 0 Å². The second kappa shape index (κ2) is 16.6. The molecule has 0 heterocycles. The highest BCUT2D eigenvalue weighted by Crippen LogP contribution is 2.24. The summed E-state index contributed by atoms with van der Waals surface area (Å²) in [4.78, 5) is 26.6. The van der Waals surface area contributed by atoms with Gasteiger partial charge in [-0.1, -0.05) is 97.1 Å². The monoisotopic (exact) mass is 570 g/mol. The minimum absolute atomic E-state index is 0.0301. The van der Waals surface area contributed by atoms with Crippen LogP contribution in [0.3, 0.4) is 0 Å². The molecule has 0 radical (unpaired) electrons. The number of benzene rings is 4. The van der Waals surface area contributed by atoms with Gasteiger partial charge >= 0.3 is 0 Å². The van der Waals surface area contributed by atoms with Gasteiger partial charge in [-0.15, -0.1) is 23.5 Å². The molecule has 0 aromatic heterocycles. The molecular weight excluding hydrogens is 533 g/mol. The second-order valence-electron chi connectivity index (χ2n) is 9.43. The first kappa shape index (κ1) is 31.1. The first-order valence-electron chi connectivity index (χ1n) is 13.5. The van der Waals surface area contributed by atoms with E-state index in [-0.39, 0.29) is 34.4 Å². The van der Waals surface area contributed by atoms with Crippen LogP contribution in [0.25, 0.3) is 0 Å². The lowest BCUT2D eigenvalue weighted by molar-refractivity contribution is -0.121. The molecule has 0 aliphatic carbocycles. The summed E-state index contributed by atoms with van der Waals surface area (Å²) < 4.78 is 0. The van der Waals surface area contributed by atoms with E-state index in [1.165, 1.54) is 0 Å². The van der Waals surface area contributed by atoms with Crippen molar-refractivity contribution < 1.29 is 9.59 Å². The molecule has 0 aliphatic heterocycles. The van der Waals surface area contributed by atoms with Gasteiger partial charge in [0.1, 0.15) is 0 Å². The molecule has 0 fully saturated rings. The molecule has 0 bridgehead atoms. The van der Waals surface area contributed by atoms with Crippen molar-refractivity contribution in [2.45, 2.75) is 60.1 Å². The lowest BCUT2D eigenvalue weighted by atomic mass is 10.1. The van der Waals surface area contributed by atoms with E-state index < -0.39 is 0 Å². The third-order valence-corrected chi connectivity index (χ3v) is 8.39. The molecule has 40 heavy (non-hydrogen) atoms. The molecule has 0 aliphatic rings. The van der Waals surface area contributed by atoms with E-state index in [0.29, 0.717) is 0 Å². The molecule has 0 unspecified atom stereocenters. The molecule has 208 valence electrons. The Morgan fingerprint density at radius 3 is 1.05 bits per heavy atom. The van der Waals surface area contributed by atoms with E-state index in [4.69, 9.17) is 0 Å². The largest absolute Gasteiger partial charge is 0.349 e. The zero-order valence-electron chi connectivity index (χ0n) is 23.5. The molecule has 4 rings (SSSR count). The Bertz CT molecular complexity index is 1190. The van der Waals surface area contributed by atoms with Crippen molar-refractivity contribution in [3.8, 4) is 0 Å². The number of thioether (sulfide) groups is 2. The van der Waals surface area contributed by atoms with Crippen LogP contribution < -0.4 is 10.6 Å². The normalized spacial score (nSPS) is 13.5. The number of hydrogen-bond acceptors (Lipinski definition) is 4. The smallest absolute Gasteiger partial charge is 0.233 e. The number of carbonyl (C=O) groups excluding carboxylic acids is 2. The third kappa shape index (κ3) is 10.6. The summed E-state index contributed by atoms with van der Waals surface area (Å²) in [6.45, 7) is 7.88. The number of nitrogens with one attached hydrogen (secondary N) is 2. The molecule has 0 saturated carbocycles. The van der Waals surface area contributed by atoms with Crippen molar-refractivity contribution in [1.82, 2.24) is 10.6 Å². The van der Waals surface area contributed by atoms with Crippen molar-refractivity contribution in [3.63, 3.8) is 0 Å². The zero-order chi connectivity index (χ0) is 28.7. The second-order valence-corrected chi connectivity index (χ2v) is 12.3. The standard InChI is InChI=1S/2C17H19NOS/c2*1-13(15-9-5-3-6-10-15)18-17(19)14(2)20-16-11-7-4-8-12-16/h2*3-14H,1-2H3,(H,18,19)/t2*13-,14-/m10/s1. The summed E-state index contributed by atoms with van der Waals surface area (Å²) in [5.74, 6) is 0.130. The molecule has 0 saturated heterocycles. The van der Waals surface area contributed by atoms with Crippen LogP contribution in [0.4, 0.5) is 0 Å². The first-order valence-corrected chi connectivity index (χ1v) is 15.2. The quantitative estimate of drug-likeness (QED) is 0.189. The van der Waals surface area contributed by atoms with Gasteiger partial charge in [0.25, 0.3) is 0 Å². The van der Waals surface area contributed by atoms with Gasteiger partial charge in [-0.3, -0.25) is 9.59 Å². The van der Waals surface area contributed by atoms with Crippen molar-refractivity contribution >= 4 is 35.3 Å². The Morgan fingerprint density at radius 2 is 0.750 bits per heavy atom. The van der Waals surface area contributed by atoms with E-state index in [0.717, 1.165) is 20.9 Å². The van der Waals surface area contributed by atoms with Crippen LogP contribution >= 0.6 is 23.5 Å². The lowest BCUT2D eigenvalue weighted by Crippen LogP contribution is -2.33. The predicted octanol–water partition coefficient (Wildman–Crippen LogP) is 8.09. The summed E-state index contributed by atoms with van der Waals surface area (Å²) in [7, 11) is 0. The summed E-state index contributed by atoms with van der Waals surface area (Å²) in [5, 5.41) is 5.90. The van der Waals surface area contributed by atoms with Gasteiger partial charge in [-0.25, -0.2) is 0 Å². The maximum atomic E-state index is 12.2. The first-order chi connectivity index (χ1) is 19.3. The van der Waals surface area contributed by atoms with Gasteiger partial charge in [-0.2, -0.15) is 0 Å². The summed E-state index contributed by atoms with van der Waals surface area (Å²) in [6, 6.07) is 40.1. The Morgan fingerprint density at radius 1 is 0.475 bits per heavy atom. The van der Waals surface area contributed by atoms with Crippen LogP contribution in [-0.4, -0.2) is 22.3 Å². The van der Waals surface area contributed by atoms with Gasteiger partial charge in [0.2, 0.25) is 11.8 Å². The van der Waals surface area contributed by atoms with Crippen LogP contribution in [0.5, 0.6) is 0 Å². The molecule has 2 N–H and O–H groups in total. The summed E-state index contributed by atoms with van der Waals surface area (Å²) in [5.41, 5.74) is 2.25. The van der Waals surface area contributed by atoms with E-state index >= 15 is 0 Å². The zero-order valence-corrected chi connectivity index (χ0v) is 25.1.